The molecule has 1 unspecified atom stereocenters. The molecule has 1 aliphatic rings. The fourth-order valence-electron chi connectivity index (χ4n) is 0.722. The molecule has 0 amide bonds. The molecule has 65 valence electrons. The minimum atomic E-state index is -0.521. The van der Waals surface area contributed by atoms with Crippen LogP contribution in [0.15, 0.2) is 12.3 Å². The van der Waals surface area contributed by atoms with Gasteiger partial charge in [-0.1, -0.05) is 5.23 Å². The molecule has 5 nitrogen and oxygen atoms in total. The predicted molar refractivity (Wildman–Crippen MR) is 47.4 cm³/mol. The van der Waals surface area contributed by atoms with Crippen molar-refractivity contribution in [3.05, 3.63) is 12.3 Å². The van der Waals surface area contributed by atoms with Gasteiger partial charge in [0.25, 0.3) is 0 Å². The van der Waals surface area contributed by atoms with Gasteiger partial charge in [-0.2, -0.15) is 5.43 Å². The van der Waals surface area contributed by atoms with E-state index in [1.165, 1.54) is 5.23 Å². The van der Waals surface area contributed by atoms with Crippen LogP contribution in [0.4, 0.5) is 0 Å². The molecule has 0 spiro atoms. The molecule has 0 aromatic heterocycles. The summed E-state index contributed by atoms with van der Waals surface area (Å²) in [6.45, 7) is 1.87. The molecule has 0 aromatic rings. The summed E-state index contributed by atoms with van der Waals surface area (Å²) < 4.78 is 5.13. The SMILES string of the molecule is COC1(C)C=CNN(NCl)N1.[Na]. The number of hydrogen-bond acceptors (Lipinski definition) is 5. The zero-order chi connectivity index (χ0) is 8.32. The maximum Gasteiger partial charge on any atom is 0.151 e. The first-order valence-corrected chi connectivity index (χ1v) is 3.51. The Kier molecular flexibility index (Phi) is 5.71. The van der Waals surface area contributed by atoms with Crippen LogP contribution in [-0.4, -0.2) is 47.6 Å². The summed E-state index contributed by atoms with van der Waals surface area (Å²) >= 11 is 5.33. The third kappa shape index (κ3) is 3.20. The second-order valence-corrected chi connectivity index (χ2v) is 2.47. The topological polar surface area (TPSA) is 48.6 Å². The van der Waals surface area contributed by atoms with E-state index in [0.29, 0.717) is 0 Å². The van der Waals surface area contributed by atoms with Crippen LogP contribution in [0.25, 0.3) is 0 Å². The van der Waals surface area contributed by atoms with Crippen molar-refractivity contribution in [1.29, 1.82) is 0 Å². The largest absolute Gasteiger partial charge is 0.359 e. The zero-order valence-corrected chi connectivity index (χ0v) is 10.1. The van der Waals surface area contributed by atoms with Crippen LogP contribution >= 0.6 is 11.8 Å². The Hall–Kier alpha value is 0.670. The van der Waals surface area contributed by atoms with Crippen LogP contribution in [0.1, 0.15) is 6.92 Å². The average Bonchev–Trinajstić information content (AvgIpc) is 2.05. The van der Waals surface area contributed by atoms with Crippen LogP contribution in [0.3, 0.4) is 0 Å². The van der Waals surface area contributed by atoms with E-state index >= 15 is 0 Å². The quantitative estimate of drug-likeness (QED) is 0.414. The minimum Gasteiger partial charge on any atom is -0.359 e. The van der Waals surface area contributed by atoms with Gasteiger partial charge in [-0.25, -0.2) is 0 Å². The second-order valence-electron chi connectivity index (χ2n) is 2.31. The maximum absolute atomic E-state index is 5.33. The summed E-state index contributed by atoms with van der Waals surface area (Å²) in [6, 6.07) is 0. The standard InChI is InChI=1S/C5H11ClN4O.Na/c1-5(11-2)3-4-7-10(8-5)9-6;/h3-4,7-9H,1-2H3;. The Morgan fingerprint density at radius 3 is 2.83 bits per heavy atom. The molecule has 0 saturated heterocycles. The van der Waals surface area contributed by atoms with Crippen LogP contribution in [0.5, 0.6) is 0 Å². The zero-order valence-electron chi connectivity index (χ0n) is 7.39. The first kappa shape index (κ1) is 12.7. The molecule has 1 heterocycles. The molecule has 0 saturated carbocycles. The smallest absolute Gasteiger partial charge is 0.151 e. The summed E-state index contributed by atoms with van der Waals surface area (Å²) in [7, 11) is 1.61. The molecule has 12 heavy (non-hydrogen) atoms. The molecular weight excluding hydrogens is 191 g/mol. The number of methoxy groups -OCH3 is 1. The Balaban J connectivity index is 0.00000121. The van der Waals surface area contributed by atoms with Gasteiger partial charge in [-0.05, 0) is 24.8 Å². The summed E-state index contributed by atoms with van der Waals surface area (Å²) in [5.41, 5.74) is 5.16. The van der Waals surface area contributed by atoms with Gasteiger partial charge in [0.15, 0.2) is 5.72 Å². The van der Waals surface area contributed by atoms with Gasteiger partial charge in [0.05, 0.1) is 0 Å². The fraction of sp³-hybridized carbons (Fsp3) is 0.600. The Bertz CT molecular complexity index is 170. The van der Waals surface area contributed by atoms with Crippen molar-refractivity contribution in [2.75, 3.05) is 7.11 Å². The van der Waals surface area contributed by atoms with Crippen LogP contribution in [0.2, 0.25) is 0 Å². The van der Waals surface area contributed by atoms with Gasteiger partial charge >= 0.3 is 0 Å². The van der Waals surface area contributed by atoms with E-state index in [0.717, 1.165) is 0 Å². The molecule has 0 aliphatic carbocycles. The van der Waals surface area contributed by atoms with Gasteiger partial charge in [-0.15, -0.1) is 4.94 Å². The van der Waals surface area contributed by atoms with E-state index in [2.05, 4.69) is 15.8 Å². The molecule has 1 atom stereocenters. The number of halogens is 1. The molecule has 1 radical (unpaired) electrons. The molecule has 0 bridgehead atoms. The molecule has 0 aromatic carbocycles. The molecule has 7 heteroatoms. The first-order chi connectivity index (χ1) is 5.20. The van der Waals surface area contributed by atoms with E-state index in [4.69, 9.17) is 16.5 Å². The Morgan fingerprint density at radius 1 is 1.67 bits per heavy atom. The summed E-state index contributed by atoms with van der Waals surface area (Å²) in [5, 5.41) is 1.38. The third-order valence-electron chi connectivity index (χ3n) is 1.45. The average molecular weight is 202 g/mol. The van der Waals surface area contributed by atoms with Gasteiger partial charge < -0.3 is 4.74 Å². The van der Waals surface area contributed by atoms with Gasteiger partial charge in [0.1, 0.15) is 0 Å². The normalized spacial score (nSPS) is 29.2. The predicted octanol–water partition coefficient (Wildman–Crippen LogP) is -0.535. The van der Waals surface area contributed by atoms with Crippen molar-refractivity contribution in [3.8, 4) is 0 Å². The van der Waals surface area contributed by atoms with Crippen molar-refractivity contribution in [1.82, 2.24) is 21.0 Å². The Morgan fingerprint density at radius 2 is 2.33 bits per heavy atom. The summed E-state index contributed by atoms with van der Waals surface area (Å²) in [4.78, 5) is 2.35. The summed E-state index contributed by atoms with van der Waals surface area (Å²) in [6.07, 6.45) is 3.55. The van der Waals surface area contributed by atoms with E-state index in [1.807, 2.05) is 13.0 Å². The Labute approximate surface area is 98.8 Å². The van der Waals surface area contributed by atoms with Crippen molar-refractivity contribution in [3.63, 3.8) is 0 Å². The van der Waals surface area contributed by atoms with Crippen molar-refractivity contribution < 1.29 is 4.74 Å². The molecule has 1 aliphatic heterocycles. The third-order valence-corrected chi connectivity index (χ3v) is 1.62. The van der Waals surface area contributed by atoms with E-state index < -0.39 is 5.72 Å². The fourth-order valence-corrected chi connectivity index (χ4v) is 0.813. The van der Waals surface area contributed by atoms with Gasteiger partial charge in [0, 0.05) is 42.9 Å². The minimum absolute atomic E-state index is 0. The molecule has 0 fully saturated rings. The number of nitrogens with one attached hydrogen (secondary N) is 3. The van der Waals surface area contributed by atoms with Gasteiger partial charge in [-0.3, -0.25) is 5.43 Å². The number of hydrazine groups is 3. The summed E-state index contributed by atoms with van der Waals surface area (Å²) in [5.74, 6) is 0. The van der Waals surface area contributed by atoms with Gasteiger partial charge in [0.2, 0.25) is 0 Å². The monoisotopic (exact) mass is 201 g/mol. The number of nitrogens with zero attached hydrogens (tertiary/aromatic N) is 1. The van der Waals surface area contributed by atoms with Crippen molar-refractivity contribution in [2.45, 2.75) is 12.6 Å². The molecular formula is C5H11ClN4NaO. The van der Waals surface area contributed by atoms with Crippen LogP contribution in [-0.2, 0) is 4.74 Å². The second kappa shape index (κ2) is 5.41. The molecule has 3 N–H and O–H groups in total. The van der Waals surface area contributed by atoms with Crippen LogP contribution in [0, 0.1) is 0 Å². The first-order valence-electron chi connectivity index (χ1n) is 3.13. The van der Waals surface area contributed by atoms with E-state index in [-0.39, 0.29) is 29.6 Å². The van der Waals surface area contributed by atoms with Crippen molar-refractivity contribution in [2.24, 2.45) is 0 Å². The van der Waals surface area contributed by atoms with Crippen molar-refractivity contribution >= 4 is 41.3 Å². The number of ether oxygens (including phenoxy) is 1. The number of hydrogen-bond donors (Lipinski definition) is 3. The maximum atomic E-state index is 5.33. The van der Waals surface area contributed by atoms with Crippen LogP contribution < -0.4 is 15.8 Å². The molecule has 1 rings (SSSR count). The van der Waals surface area contributed by atoms with E-state index in [1.54, 1.807) is 13.3 Å². The number of rotatable bonds is 2. The van der Waals surface area contributed by atoms with E-state index in [9.17, 15) is 0 Å².